The molecular weight excluding hydrogens is 615 g/mol. The second-order valence-electron chi connectivity index (χ2n) is 11.4. The van der Waals surface area contributed by atoms with Gasteiger partial charge in [0.15, 0.2) is 11.9 Å². The first-order valence-electron chi connectivity index (χ1n) is 14.6. The maximum Gasteiger partial charge on any atom is 0.320 e. The van der Waals surface area contributed by atoms with E-state index in [-0.39, 0.29) is 11.6 Å². The largest absolute Gasteiger partial charge is 0.480 e. The SMILES string of the molecule is CC1C(c2ccccc2Cl)=CC=CC1(NC(=O)c1ccc(C=O)cn1)c1nc2cc(CN3CCCC[C@H]3C(=O)O)cc(Cl)c2o1. The van der Waals surface area contributed by atoms with Gasteiger partial charge in [-0.25, -0.2) is 4.98 Å². The number of allylic oxidation sites excluding steroid dienone is 2. The fraction of sp³-hybridized carbons (Fsp3) is 0.265. The van der Waals surface area contributed by atoms with Gasteiger partial charge in [0, 0.05) is 29.2 Å². The Morgan fingerprint density at radius 3 is 2.71 bits per heavy atom. The molecule has 1 amide bonds. The van der Waals surface area contributed by atoms with Gasteiger partial charge < -0.3 is 14.8 Å². The van der Waals surface area contributed by atoms with Gasteiger partial charge in [-0.1, -0.05) is 66.9 Å². The van der Waals surface area contributed by atoms with Crippen molar-refractivity contribution < 1.29 is 23.9 Å². The molecule has 0 saturated carbocycles. The zero-order valence-electron chi connectivity index (χ0n) is 24.4. The number of halogens is 2. The highest BCUT2D eigenvalue weighted by molar-refractivity contribution is 6.34. The van der Waals surface area contributed by atoms with Crippen molar-refractivity contribution in [2.24, 2.45) is 5.92 Å². The molecule has 9 nitrogen and oxygen atoms in total. The number of aromatic nitrogens is 2. The van der Waals surface area contributed by atoms with Crippen molar-refractivity contribution in [2.45, 2.75) is 44.3 Å². The number of carbonyl (C=O) groups is 3. The Hall–Kier alpha value is -4.31. The van der Waals surface area contributed by atoms with Crippen LogP contribution >= 0.6 is 23.2 Å². The third-order valence-corrected chi connectivity index (χ3v) is 9.20. The number of hydrogen-bond acceptors (Lipinski definition) is 7. The van der Waals surface area contributed by atoms with Crippen LogP contribution in [-0.2, 0) is 16.9 Å². The number of nitrogens with zero attached hydrogens (tertiary/aromatic N) is 3. The number of likely N-dealkylation sites (tertiary alicyclic amines) is 1. The molecule has 6 rings (SSSR count). The number of nitrogens with one attached hydrogen (secondary N) is 1. The van der Waals surface area contributed by atoms with Crippen molar-refractivity contribution in [1.29, 1.82) is 0 Å². The van der Waals surface area contributed by atoms with E-state index in [1.54, 1.807) is 12.1 Å². The topological polar surface area (TPSA) is 126 Å². The van der Waals surface area contributed by atoms with Crippen LogP contribution in [-0.4, -0.2) is 50.7 Å². The minimum atomic E-state index is -1.28. The number of piperidine rings is 1. The van der Waals surface area contributed by atoms with Crippen LogP contribution in [0.2, 0.25) is 10.0 Å². The zero-order chi connectivity index (χ0) is 31.7. The molecule has 0 spiro atoms. The minimum absolute atomic E-state index is 0.111. The average molecular weight is 646 g/mol. The van der Waals surface area contributed by atoms with E-state index in [4.69, 9.17) is 32.6 Å². The zero-order valence-corrected chi connectivity index (χ0v) is 25.9. The van der Waals surface area contributed by atoms with Gasteiger partial charge in [0.25, 0.3) is 5.91 Å². The lowest BCUT2D eigenvalue weighted by molar-refractivity contribution is -0.144. The maximum atomic E-state index is 13.7. The van der Waals surface area contributed by atoms with Gasteiger partial charge in [-0.15, -0.1) is 0 Å². The number of aliphatic carboxylic acids is 1. The molecule has 2 N–H and O–H groups in total. The van der Waals surface area contributed by atoms with Crippen LogP contribution < -0.4 is 5.32 Å². The molecule has 2 aromatic heterocycles. The molecule has 2 aliphatic rings. The van der Waals surface area contributed by atoms with Crippen LogP contribution in [0, 0.1) is 5.92 Å². The van der Waals surface area contributed by atoms with Gasteiger partial charge in [0.2, 0.25) is 5.89 Å². The lowest BCUT2D eigenvalue weighted by atomic mass is 9.74. The number of carboxylic acids is 1. The molecule has 4 aromatic rings. The summed E-state index contributed by atoms with van der Waals surface area (Å²) in [5.74, 6) is -1.55. The van der Waals surface area contributed by atoms with Crippen molar-refractivity contribution in [3.8, 4) is 0 Å². The summed E-state index contributed by atoms with van der Waals surface area (Å²) in [5, 5.41) is 13.7. The molecule has 1 aliphatic heterocycles. The van der Waals surface area contributed by atoms with E-state index < -0.39 is 29.4 Å². The number of carbonyl (C=O) groups excluding carboxylic acids is 2. The first kappa shape index (κ1) is 30.7. The van der Waals surface area contributed by atoms with Crippen LogP contribution in [0.4, 0.5) is 0 Å². The Morgan fingerprint density at radius 2 is 1.98 bits per heavy atom. The summed E-state index contributed by atoms with van der Waals surface area (Å²) in [7, 11) is 0. The van der Waals surface area contributed by atoms with Gasteiger partial charge in [-0.05, 0) is 72.5 Å². The number of aldehydes is 1. The summed E-state index contributed by atoms with van der Waals surface area (Å²) in [6, 6.07) is 13.5. The fourth-order valence-corrected chi connectivity index (χ4v) is 6.71. The van der Waals surface area contributed by atoms with Crippen LogP contribution in [0.3, 0.4) is 0 Å². The smallest absolute Gasteiger partial charge is 0.320 e. The molecule has 1 aliphatic carbocycles. The molecule has 1 saturated heterocycles. The Bertz CT molecular complexity index is 1850. The second-order valence-corrected chi connectivity index (χ2v) is 12.2. The second kappa shape index (κ2) is 12.6. The Balaban J connectivity index is 1.42. The Labute approximate surface area is 269 Å². The number of hydrogen-bond donors (Lipinski definition) is 2. The van der Waals surface area contributed by atoms with Crippen molar-refractivity contribution >= 4 is 58.0 Å². The maximum absolute atomic E-state index is 13.7. The number of carboxylic acid groups (broad SMARTS) is 1. The number of oxazole rings is 1. The molecule has 0 bridgehead atoms. The highest BCUT2D eigenvalue weighted by Gasteiger charge is 2.46. The predicted molar refractivity (Wildman–Crippen MR) is 171 cm³/mol. The lowest BCUT2D eigenvalue weighted by Gasteiger charge is -2.38. The Kier molecular flexibility index (Phi) is 8.59. The van der Waals surface area contributed by atoms with E-state index in [0.29, 0.717) is 52.5 Å². The van der Waals surface area contributed by atoms with Crippen molar-refractivity contribution in [1.82, 2.24) is 20.2 Å². The fourth-order valence-electron chi connectivity index (χ4n) is 6.19. The van der Waals surface area contributed by atoms with Crippen LogP contribution in [0.1, 0.15) is 64.1 Å². The number of pyridine rings is 1. The molecule has 0 radical (unpaired) electrons. The number of rotatable bonds is 8. The summed E-state index contributed by atoms with van der Waals surface area (Å²) < 4.78 is 6.36. The van der Waals surface area contributed by atoms with Crippen molar-refractivity contribution in [3.63, 3.8) is 0 Å². The normalized spacial score (nSPS) is 21.8. The van der Waals surface area contributed by atoms with Gasteiger partial charge in [-0.3, -0.25) is 24.3 Å². The molecule has 1 fully saturated rings. The van der Waals surface area contributed by atoms with Gasteiger partial charge in [0.1, 0.15) is 22.8 Å². The molecule has 45 heavy (non-hydrogen) atoms. The van der Waals surface area contributed by atoms with E-state index in [9.17, 15) is 19.5 Å². The first-order valence-corrected chi connectivity index (χ1v) is 15.4. The highest BCUT2D eigenvalue weighted by atomic mass is 35.5. The molecule has 3 atom stereocenters. The summed E-state index contributed by atoms with van der Waals surface area (Å²) in [6.45, 7) is 3.02. The van der Waals surface area contributed by atoms with Crippen LogP contribution in [0.5, 0.6) is 0 Å². The Morgan fingerprint density at radius 1 is 1.16 bits per heavy atom. The number of fused-ring (bicyclic) bond motifs is 1. The summed E-state index contributed by atoms with van der Waals surface area (Å²) in [6.07, 6.45) is 9.98. The first-order chi connectivity index (χ1) is 21.7. The number of amides is 1. The van der Waals surface area contributed by atoms with E-state index in [2.05, 4.69) is 10.3 Å². The van der Waals surface area contributed by atoms with Crippen molar-refractivity contribution in [3.05, 3.63) is 111 Å². The predicted octanol–water partition coefficient (Wildman–Crippen LogP) is 6.70. The van der Waals surface area contributed by atoms with E-state index in [0.717, 1.165) is 29.5 Å². The van der Waals surface area contributed by atoms with Crippen molar-refractivity contribution in [2.75, 3.05) is 6.54 Å². The van der Waals surface area contributed by atoms with Gasteiger partial charge in [0.05, 0.1) is 5.02 Å². The third-order valence-electron chi connectivity index (χ3n) is 8.59. The summed E-state index contributed by atoms with van der Waals surface area (Å²) in [4.78, 5) is 47.7. The third kappa shape index (κ3) is 5.91. The highest BCUT2D eigenvalue weighted by Crippen LogP contribution is 2.45. The van der Waals surface area contributed by atoms with Gasteiger partial charge >= 0.3 is 5.97 Å². The summed E-state index contributed by atoms with van der Waals surface area (Å²) >= 11 is 13.4. The van der Waals surface area contributed by atoms with Crippen LogP contribution in [0.25, 0.3) is 16.7 Å². The monoisotopic (exact) mass is 644 g/mol. The molecular formula is C34H30Cl2N4O5. The van der Waals surface area contributed by atoms with E-state index in [1.807, 2.05) is 54.3 Å². The quantitative estimate of drug-likeness (QED) is 0.203. The number of benzene rings is 2. The minimum Gasteiger partial charge on any atom is -0.480 e. The van der Waals surface area contributed by atoms with E-state index >= 15 is 0 Å². The molecule has 11 heteroatoms. The van der Waals surface area contributed by atoms with E-state index in [1.165, 1.54) is 18.3 Å². The van der Waals surface area contributed by atoms with Gasteiger partial charge in [-0.2, -0.15) is 0 Å². The molecule has 230 valence electrons. The molecule has 2 unspecified atom stereocenters. The molecule has 3 heterocycles. The molecule has 2 aromatic carbocycles. The lowest BCUT2D eigenvalue weighted by Crippen LogP contribution is -2.50. The standard InChI is InChI=1S/C34H30Cl2N4O5/c1-20-23(24-7-2-3-9-25(24)35)8-6-13-34(20,39-31(42)27-12-11-21(19-41)17-37-27)33-38-28-16-22(15-26(36)30(28)45-33)18-40-14-5-4-10-29(40)32(43)44/h2-3,6-9,11-13,15-17,19-20,29H,4-5,10,14,18H2,1H3,(H,39,42)(H,43,44)/t20?,29-,34?/m0/s1. The summed E-state index contributed by atoms with van der Waals surface area (Å²) in [5.41, 5.74) is 2.46. The average Bonchev–Trinajstić information content (AvgIpc) is 3.48. The van der Waals surface area contributed by atoms with Crippen LogP contribution in [0.15, 0.2) is 77.4 Å².